The number of carbonyl (C=O) groups is 2. The van der Waals surface area contributed by atoms with Gasteiger partial charge in [0.05, 0.1) is 11.3 Å². The highest BCUT2D eigenvalue weighted by atomic mass is 16.2. The summed E-state index contributed by atoms with van der Waals surface area (Å²) in [6.45, 7) is 8.89. The zero-order valence-electron chi connectivity index (χ0n) is 12.6. The maximum atomic E-state index is 12.1. The molecule has 0 bridgehead atoms. The van der Waals surface area contributed by atoms with Crippen LogP contribution in [0.2, 0.25) is 0 Å². The van der Waals surface area contributed by atoms with E-state index in [0.29, 0.717) is 24.3 Å². The fourth-order valence-electron chi connectivity index (χ4n) is 1.84. The maximum absolute atomic E-state index is 12.1. The van der Waals surface area contributed by atoms with Crippen LogP contribution >= 0.6 is 0 Å². The Morgan fingerprint density at radius 3 is 2.30 bits per heavy atom. The highest BCUT2D eigenvalue weighted by Gasteiger charge is 2.15. The molecule has 0 aliphatic rings. The zero-order chi connectivity index (χ0) is 15.1. The monoisotopic (exact) mass is 277 g/mol. The Kier molecular flexibility index (Phi) is 6.03. The van der Waals surface area contributed by atoms with Crippen LogP contribution in [0.3, 0.4) is 0 Å². The van der Waals surface area contributed by atoms with Crippen molar-refractivity contribution < 1.29 is 9.59 Å². The van der Waals surface area contributed by atoms with Crippen molar-refractivity contribution in [2.75, 3.05) is 18.4 Å². The maximum Gasteiger partial charge on any atom is 0.321 e. The molecule has 20 heavy (non-hydrogen) atoms. The second-order valence-electron chi connectivity index (χ2n) is 4.78. The molecule has 3 amide bonds. The molecule has 0 aliphatic carbocycles. The quantitative estimate of drug-likeness (QED) is 0.869. The minimum absolute atomic E-state index is 0.0500. The summed E-state index contributed by atoms with van der Waals surface area (Å²) < 4.78 is 0. The number of urea groups is 1. The summed E-state index contributed by atoms with van der Waals surface area (Å²) in [5, 5.41) is 5.62. The largest absolute Gasteiger partial charge is 0.350 e. The predicted molar refractivity (Wildman–Crippen MR) is 81.0 cm³/mol. The number of hydrogen-bond acceptors (Lipinski definition) is 2. The summed E-state index contributed by atoms with van der Waals surface area (Å²) >= 11 is 0. The molecule has 1 rings (SSSR count). The summed E-state index contributed by atoms with van der Waals surface area (Å²) in [7, 11) is 0. The van der Waals surface area contributed by atoms with E-state index in [1.807, 2.05) is 27.7 Å². The van der Waals surface area contributed by atoms with Crippen molar-refractivity contribution in [1.82, 2.24) is 10.2 Å². The molecule has 0 fully saturated rings. The average molecular weight is 277 g/mol. The van der Waals surface area contributed by atoms with Gasteiger partial charge in [-0.15, -0.1) is 0 Å². The lowest BCUT2D eigenvalue weighted by molar-refractivity contribution is 0.0944. The van der Waals surface area contributed by atoms with Crippen molar-refractivity contribution in [3.63, 3.8) is 0 Å². The molecule has 0 unspecified atom stereocenters. The first kappa shape index (κ1) is 16.0. The van der Waals surface area contributed by atoms with Gasteiger partial charge in [0.25, 0.3) is 5.91 Å². The van der Waals surface area contributed by atoms with Gasteiger partial charge in [0.15, 0.2) is 0 Å². The number of nitrogens with zero attached hydrogens (tertiary/aromatic N) is 1. The van der Waals surface area contributed by atoms with Gasteiger partial charge in [-0.3, -0.25) is 4.79 Å². The molecule has 0 saturated heterocycles. The number of hydrogen-bond donors (Lipinski definition) is 2. The Bertz CT molecular complexity index is 468. The third-order valence-electron chi connectivity index (χ3n) is 2.88. The Labute approximate surface area is 120 Å². The highest BCUT2D eigenvalue weighted by Crippen LogP contribution is 2.15. The average Bonchev–Trinajstić information content (AvgIpc) is 2.39. The number of para-hydroxylation sites is 1. The minimum Gasteiger partial charge on any atom is -0.350 e. The van der Waals surface area contributed by atoms with Gasteiger partial charge in [-0.1, -0.05) is 12.1 Å². The van der Waals surface area contributed by atoms with Crippen LogP contribution in [0, 0.1) is 0 Å². The third kappa shape index (κ3) is 4.26. The molecule has 0 spiro atoms. The number of nitrogens with one attached hydrogen (secondary N) is 2. The van der Waals surface area contributed by atoms with Crippen molar-refractivity contribution in [3.05, 3.63) is 29.8 Å². The summed E-state index contributed by atoms with van der Waals surface area (Å²) in [5.74, 6) is -0.185. The lowest BCUT2D eigenvalue weighted by Crippen LogP contribution is -2.36. The predicted octanol–water partition coefficient (Wildman–Crippen LogP) is 2.70. The molecular formula is C15H23N3O2. The van der Waals surface area contributed by atoms with Gasteiger partial charge in [-0.05, 0) is 39.8 Å². The molecule has 0 aromatic heterocycles. The molecule has 110 valence electrons. The van der Waals surface area contributed by atoms with Crippen molar-refractivity contribution in [3.8, 4) is 0 Å². The zero-order valence-corrected chi connectivity index (χ0v) is 12.6. The molecule has 2 N–H and O–H groups in total. The van der Waals surface area contributed by atoms with Crippen LogP contribution in [0.4, 0.5) is 10.5 Å². The van der Waals surface area contributed by atoms with Crippen molar-refractivity contribution in [1.29, 1.82) is 0 Å². The smallest absolute Gasteiger partial charge is 0.321 e. The number of carbonyl (C=O) groups excluding carboxylic acids is 2. The number of rotatable bonds is 5. The first-order chi connectivity index (χ1) is 9.49. The molecular weight excluding hydrogens is 254 g/mol. The first-order valence-corrected chi connectivity index (χ1v) is 6.95. The summed E-state index contributed by atoms with van der Waals surface area (Å²) in [6, 6.07) is 6.87. The fourth-order valence-corrected chi connectivity index (χ4v) is 1.84. The van der Waals surface area contributed by atoms with E-state index in [9.17, 15) is 9.59 Å². The second-order valence-corrected chi connectivity index (χ2v) is 4.78. The summed E-state index contributed by atoms with van der Waals surface area (Å²) in [5.41, 5.74) is 1.00. The van der Waals surface area contributed by atoms with Crippen molar-refractivity contribution >= 4 is 17.6 Å². The van der Waals surface area contributed by atoms with Gasteiger partial charge in [0, 0.05) is 19.1 Å². The van der Waals surface area contributed by atoms with Gasteiger partial charge in [0.2, 0.25) is 0 Å². The van der Waals surface area contributed by atoms with Crippen LogP contribution in [0.15, 0.2) is 24.3 Å². The topological polar surface area (TPSA) is 61.4 Å². The third-order valence-corrected chi connectivity index (χ3v) is 2.88. The van der Waals surface area contributed by atoms with E-state index in [1.165, 1.54) is 0 Å². The Morgan fingerprint density at radius 2 is 1.75 bits per heavy atom. The van der Waals surface area contributed by atoms with E-state index in [1.54, 1.807) is 29.2 Å². The van der Waals surface area contributed by atoms with Gasteiger partial charge in [-0.2, -0.15) is 0 Å². The summed E-state index contributed by atoms with van der Waals surface area (Å²) in [6.07, 6.45) is 0. The summed E-state index contributed by atoms with van der Waals surface area (Å²) in [4.78, 5) is 25.8. The Hall–Kier alpha value is -2.04. The van der Waals surface area contributed by atoms with Crippen LogP contribution in [0.5, 0.6) is 0 Å². The van der Waals surface area contributed by atoms with Crippen LogP contribution in [0.25, 0.3) is 0 Å². The first-order valence-electron chi connectivity index (χ1n) is 6.95. The van der Waals surface area contributed by atoms with Gasteiger partial charge in [-0.25, -0.2) is 4.79 Å². The molecule has 5 heteroatoms. The molecule has 5 nitrogen and oxygen atoms in total. The molecule has 0 radical (unpaired) electrons. The van der Waals surface area contributed by atoms with Crippen LogP contribution < -0.4 is 10.6 Å². The molecule has 0 saturated carbocycles. The second kappa shape index (κ2) is 7.53. The van der Waals surface area contributed by atoms with Gasteiger partial charge >= 0.3 is 6.03 Å². The Morgan fingerprint density at radius 1 is 1.15 bits per heavy atom. The fraction of sp³-hybridized carbons (Fsp3) is 0.467. The van der Waals surface area contributed by atoms with Gasteiger partial charge < -0.3 is 15.5 Å². The lowest BCUT2D eigenvalue weighted by Gasteiger charge is -2.20. The standard InChI is InChI=1S/C15H23N3O2/c1-5-18(6-2)15(20)17-13-10-8-7-9-12(13)14(19)16-11(3)4/h7-11H,5-6H2,1-4H3,(H,16,19)(H,17,20). The van der Waals surface area contributed by atoms with Crippen molar-refractivity contribution in [2.45, 2.75) is 33.7 Å². The van der Waals surface area contributed by atoms with E-state index in [0.717, 1.165) is 0 Å². The molecule has 1 aromatic carbocycles. The molecule has 1 aromatic rings. The van der Waals surface area contributed by atoms with Crippen LogP contribution in [-0.4, -0.2) is 36.0 Å². The van der Waals surface area contributed by atoms with E-state index in [4.69, 9.17) is 0 Å². The Balaban J connectivity index is 2.90. The molecule has 0 aliphatic heterocycles. The van der Waals surface area contributed by atoms with E-state index in [-0.39, 0.29) is 18.0 Å². The van der Waals surface area contributed by atoms with Crippen molar-refractivity contribution in [2.24, 2.45) is 0 Å². The minimum atomic E-state index is -0.195. The lowest BCUT2D eigenvalue weighted by atomic mass is 10.1. The van der Waals surface area contributed by atoms with E-state index in [2.05, 4.69) is 10.6 Å². The normalized spacial score (nSPS) is 10.2. The van der Waals surface area contributed by atoms with E-state index < -0.39 is 0 Å². The SMILES string of the molecule is CCN(CC)C(=O)Nc1ccccc1C(=O)NC(C)C. The number of benzene rings is 1. The van der Waals surface area contributed by atoms with E-state index >= 15 is 0 Å². The number of anilines is 1. The van der Waals surface area contributed by atoms with Gasteiger partial charge in [0.1, 0.15) is 0 Å². The highest BCUT2D eigenvalue weighted by molar-refractivity contribution is 6.03. The molecule has 0 atom stereocenters. The van der Waals surface area contributed by atoms with Crippen LogP contribution in [0.1, 0.15) is 38.1 Å². The molecule has 0 heterocycles. The van der Waals surface area contributed by atoms with Crippen LogP contribution in [-0.2, 0) is 0 Å². The number of amides is 3.